The van der Waals surface area contributed by atoms with Gasteiger partial charge in [-0.2, -0.15) is 13.2 Å². The van der Waals surface area contributed by atoms with Crippen molar-refractivity contribution in [2.75, 3.05) is 6.54 Å². The molecule has 148 valence electrons. The number of alkyl halides is 3. The molecule has 8 nitrogen and oxygen atoms in total. The number of unbranched alkanes of at least 4 members (excludes halogenated alkanes) is 1. The maximum absolute atomic E-state index is 12.9. The first-order valence-electron chi connectivity index (χ1n) is 8.15. The lowest BCUT2D eigenvalue weighted by molar-refractivity contribution is -0.166. The number of nitrogens with zero attached hydrogens (tertiary/aromatic N) is 2. The maximum atomic E-state index is 12.9. The van der Waals surface area contributed by atoms with Crippen LogP contribution in [-0.4, -0.2) is 35.9 Å². The van der Waals surface area contributed by atoms with E-state index in [-0.39, 0.29) is 12.2 Å². The van der Waals surface area contributed by atoms with Crippen molar-refractivity contribution in [3.8, 4) is 0 Å². The normalized spacial score (nSPS) is 15.9. The van der Waals surface area contributed by atoms with E-state index in [0.29, 0.717) is 31.4 Å². The number of carboxylic acids is 1. The fourth-order valence-corrected chi connectivity index (χ4v) is 2.28. The van der Waals surface area contributed by atoms with Gasteiger partial charge in [0.05, 0.1) is 0 Å². The molecular weight excluding hydrogens is 369 g/mol. The summed E-state index contributed by atoms with van der Waals surface area (Å²) in [7, 11) is 0. The molecule has 0 aromatic heterocycles. The molecule has 2 rings (SSSR count). The lowest BCUT2D eigenvalue weighted by Crippen LogP contribution is -2.30. The number of amides is 1. The topological polar surface area (TPSA) is 126 Å². The van der Waals surface area contributed by atoms with Gasteiger partial charge in [-0.25, -0.2) is 4.79 Å². The fourth-order valence-electron chi connectivity index (χ4n) is 2.28. The second kappa shape index (κ2) is 8.33. The molecule has 1 amide bonds. The quantitative estimate of drug-likeness (QED) is 0.561. The van der Waals surface area contributed by atoms with Crippen LogP contribution in [0.1, 0.15) is 30.4 Å². The zero-order chi connectivity index (χ0) is 20.1. The van der Waals surface area contributed by atoms with Gasteiger partial charge in [0, 0.05) is 12.1 Å². The summed E-state index contributed by atoms with van der Waals surface area (Å²) in [6.07, 6.45) is -3.89. The summed E-state index contributed by atoms with van der Waals surface area (Å²) in [5.41, 5.74) is 3.30. The van der Waals surface area contributed by atoms with E-state index in [1.807, 2.05) is 0 Å². The van der Waals surface area contributed by atoms with E-state index in [1.54, 1.807) is 0 Å². The lowest BCUT2D eigenvalue weighted by Gasteiger charge is -2.15. The Labute approximate surface area is 152 Å². The van der Waals surface area contributed by atoms with Gasteiger partial charge >= 0.3 is 23.9 Å². The Kier molecular flexibility index (Phi) is 6.37. The van der Waals surface area contributed by atoms with Gasteiger partial charge in [-0.05, 0) is 24.8 Å². The van der Waals surface area contributed by atoms with Crippen molar-refractivity contribution >= 4 is 12.1 Å². The summed E-state index contributed by atoms with van der Waals surface area (Å²) < 4.78 is 43.6. The van der Waals surface area contributed by atoms with Gasteiger partial charge < -0.3 is 20.9 Å². The van der Waals surface area contributed by atoms with E-state index < -0.39 is 29.9 Å². The van der Waals surface area contributed by atoms with Crippen LogP contribution in [0, 0.1) is 0 Å². The summed E-state index contributed by atoms with van der Waals surface area (Å²) in [6, 6.07) is 4.39. The molecule has 1 aromatic rings. The highest BCUT2D eigenvalue weighted by molar-refractivity contribution is 5.72. The smallest absolute Gasteiger partial charge is 0.442 e. The minimum atomic E-state index is -4.58. The van der Waals surface area contributed by atoms with Gasteiger partial charge in [-0.15, -0.1) is 10.2 Å². The molecule has 27 heavy (non-hydrogen) atoms. The molecule has 1 aliphatic heterocycles. The molecule has 0 saturated heterocycles. The average Bonchev–Trinajstić information content (AvgIpc) is 3.41. The number of nitrogens with two attached hydrogens (primary N) is 1. The van der Waals surface area contributed by atoms with Crippen LogP contribution in [0.3, 0.4) is 0 Å². The number of halogens is 3. The number of hydrogen-bond acceptors (Lipinski definition) is 6. The molecule has 1 aromatic carbocycles. The van der Waals surface area contributed by atoms with E-state index in [4.69, 9.17) is 15.6 Å². The van der Waals surface area contributed by atoms with Crippen molar-refractivity contribution in [3.05, 3.63) is 35.4 Å². The standard InChI is InChI=1S/C16H19F3N4O4/c17-16(18,19)15(22-23-15)11-6-4-10(5-7-11)9-27-14(26)21-8-2-1-3-12(20)13(24)25/h4-7,12H,1-3,8-9,20H2,(H,21,26)(H,24,25). The van der Waals surface area contributed by atoms with Gasteiger partial charge in [0.1, 0.15) is 12.6 Å². The largest absolute Gasteiger partial charge is 0.480 e. The zero-order valence-electron chi connectivity index (χ0n) is 14.2. The van der Waals surface area contributed by atoms with Crippen LogP contribution in [0.2, 0.25) is 0 Å². The van der Waals surface area contributed by atoms with E-state index >= 15 is 0 Å². The van der Waals surface area contributed by atoms with E-state index in [9.17, 15) is 22.8 Å². The second-order valence-corrected chi connectivity index (χ2v) is 6.01. The minimum Gasteiger partial charge on any atom is -0.480 e. The fraction of sp³-hybridized carbons (Fsp3) is 0.500. The highest BCUT2D eigenvalue weighted by Crippen LogP contribution is 2.52. The molecule has 0 fully saturated rings. The number of nitrogens with one attached hydrogen (secondary N) is 1. The van der Waals surface area contributed by atoms with E-state index in [2.05, 4.69) is 15.5 Å². The lowest BCUT2D eigenvalue weighted by atomic mass is 10.0. The predicted octanol–water partition coefficient (Wildman–Crippen LogP) is 2.68. The number of hydrogen-bond donors (Lipinski definition) is 3. The third-order valence-corrected chi connectivity index (χ3v) is 3.95. The Morgan fingerprint density at radius 2 is 1.85 bits per heavy atom. The third-order valence-electron chi connectivity index (χ3n) is 3.95. The molecule has 4 N–H and O–H groups in total. The van der Waals surface area contributed by atoms with E-state index in [0.717, 1.165) is 0 Å². The van der Waals surface area contributed by atoms with Crippen molar-refractivity contribution < 1.29 is 32.6 Å². The maximum Gasteiger partial charge on any atom is 0.442 e. The highest BCUT2D eigenvalue weighted by Gasteiger charge is 2.65. The van der Waals surface area contributed by atoms with Gasteiger partial charge in [0.25, 0.3) is 0 Å². The summed E-state index contributed by atoms with van der Waals surface area (Å²) in [5, 5.41) is 17.3. The number of aliphatic carboxylic acids is 1. The first kappa shape index (κ1) is 20.6. The van der Waals surface area contributed by atoms with Crippen LogP contribution >= 0.6 is 0 Å². The molecule has 0 aliphatic carbocycles. The minimum absolute atomic E-state index is 0.0947. The summed E-state index contributed by atoms with van der Waals surface area (Å²) in [4.78, 5) is 22.1. The number of carbonyl (C=O) groups excluding carboxylic acids is 1. The van der Waals surface area contributed by atoms with Crippen LogP contribution in [0.4, 0.5) is 18.0 Å². The molecule has 0 saturated carbocycles. The molecule has 11 heteroatoms. The third kappa shape index (κ3) is 5.39. The van der Waals surface area contributed by atoms with Gasteiger partial charge in [-0.3, -0.25) is 4.79 Å². The van der Waals surface area contributed by atoms with E-state index in [1.165, 1.54) is 24.3 Å². The Balaban J connectivity index is 1.68. The van der Waals surface area contributed by atoms with Crippen LogP contribution in [0.5, 0.6) is 0 Å². The Morgan fingerprint density at radius 3 is 2.37 bits per heavy atom. The van der Waals surface area contributed by atoms with Crippen molar-refractivity contribution in [2.24, 2.45) is 16.0 Å². The number of carbonyl (C=O) groups is 2. The number of benzene rings is 1. The first-order valence-corrected chi connectivity index (χ1v) is 8.15. The Bertz CT molecular complexity index is 701. The molecule has 0 bridgehead atoms. The summed E-state index contributed by atoms with van der Waals surface area (Å²) in [6.45, 7) is 0.185. The van der Waals surface area contributed by atoms with Crippen molar-refractivity contribution in [1.82, 2.24) is 5.32 Å². The number of carboxylic acid groups (broad SMARTS) is 1. The number of alkyl carbamates (subject to hydrolysis) is 1. The van der Waals surface area contributed by atoms with Crippen molar-refractivity contribution in [2.45, 2.75) is 43.8 Å². The van der Waals surface area contributed by atoms with Gasteiger partial charge in [0.15, 0.2) is 0 Å². The second-order valence-electron chi connectivity index (χ2n) is 6.01. The molecular formula is C16H19F3N4O4. The molecule has 1 unspecified atom stereocenters. The van der Waals surface area contributed by atoms with Crippen LogP contribution in [-0.2, 0) is 21.8 Å². The first-order chi connectivity index (χ1) is 12.7. The molecule has 1 atom stereocenters. The monoisotopic (exact) mass is 388 g/mol. The number of rotatable bonds is 9. The van der Waals surface area contributed by atoms with Gasteiger partial charge in [-0.1, -0.05) is 24.3 Å². The molecule has 1 heterocycles. The van der Waals surface area contributed by atoms with Crippen LogP contribution in [0.15, 0.2) is 34.5 Å². The van der Waals surface area contributed by atoms with Crippen molar-refractivity contribution in [1.29, 1.82) is 0 Å². The van der Waals surface area contributed by atoms with Crippen LogP contribution in [0.25, 0.3) is 0 Å². The molecule has 0 spiro atoms. The molecule has 0 radical (unpaired) electrons. The highest BCUT2D eigenvalue weighted by atomic mass is 19.4. The Hall–Kier alpha value is -2.69. The van der Waals surface area contributed by atoms with Crippen LogP contribution < -0.4 is 11.1 Å². The summed E-state index contributed by atoms with van der Waals surface area (Å²) >= 11 is 0. The van der Waals surface area contributed by atoms with Gasteiger partial charge in [0.2, 0.25) is 0 Å². The Morgan fingerprint density at radius 1 is 1.22 bits per heavy atom. The summed E-state index contributed by atoms with van der Waals surface area (Å²) in [5.74, 6) is -1.07. The van der Waals surface area contributed by atoms with Crippen molar-refractivity contribution in [3.63, 3.8) is 0 Å². The zero-order valence-corrected chi connectivity index (χ0v) is 14.2. The number of ether oxygens (including phenoxy) is 1. The SMILES string of the molecule is NC(CCCCNC(=O)OCc1ccc(C2(C(F)(F)F)N=N2)cc1)C(=O)O. The molecule has 1 aliphatic rings. The average molecular weight is 388 g/mol. The predicted molar refractivity (Wildman–Crippen MR) is 86.7 cm³/mol.